The van der Waals surface area contributed by atoms with Crippen molar-refractivity contribution in [1.29, 1.82) is 0 Å². The maximum Gasteiger partial charge on any atom is 0.0836 e. The molecule has 0 aromatic rings. The van der Waals surface area contributed by atoms with Gasteiger partial charge in [-0.15, -0.1) is 0 Å². The number of rotatable bonds is 7. The topological polar surface area (TPSA) is 29.5 Å². The molecule has 0 aliphatic heterocycles. The summed E-state index contributed by atoms with van der Waals surface area (Å²) in [6.45, 7) is 7.54. The Labute approximate surface area is 107 Å². The first-order chi connectivity index (χ1) is 8.13. The van der Waals surface area contributed by atoms with E-state index >= 15 is 0 Å². The first-order valence-electron chi connectivity index (χ1n) is 7.43. The van der Waals surface area contributed by atoms with Crippen LogP contribution in [0.4, 0.5) is 0 Å². The lowest BCUT2D eigenvalue weighted by atomic mass is 9.83. The van der Waals surface area contributed by atoms with Crippen LogP contribution in [0.1, 0.15) is 65.7 Å². The Kier molecular flexibility index (Phi) is 7.14. The van der Waals surface area contributed by atoms with Gasteiger partial charge >= 0.3 is 0 Å². The molecule has 0 saturated heterocycles. The maximum absolute atomic E-state index is 9.94. The van der Waals surface area contributed by atoms with E-state index in [-0.39, 0.29) is 12.2 Å². The zero-order valence-corrected chi connectivity index (χ0v) is 11.8. The van der Waals surface area contributed by atoms with Gasteiger partial charge in [0, 0.05) is 6.61 Å². The van der Waals surface area contributed by atoms with Gasteiger partial charge in [-0.1, -0.05) is 33.6 Å². The standard InChI is InChI=1S/C15H30O2/c1-4-6-13-8-9-14(16)15(11-13)17-10-5-7-12(2)3/h12-16H,4-11H2,1-3H3. The van der Waals surface area contributed by atoms with Crippen molar-refractivity contribution in [2.45, 2.75) is 77.9 Å². The van der Waals surface area contributed by atoms with E-state index in [0.29, 0.717) is 0 Å². The monoisotopic (exact) mass is 242 g/mol. The van der Waals surface area contributed by atoms with Crippen molar-refractivity contribution in [2.24, 2.45) is 11.8 Å². The second-order valence-electron chi connectivity index (χ2n) is 5.98. The molecule has 0 bridgehead atoms. The molecule has 1 fully saturated rings. The molecule has 0 amide bonds. The van der Waals surface area contributed by atoms with Crippen molar-refractivity contribution in [3.8, 4) is 0 Å². The quantitative estimate of drug-likeness (QED) is 0.689. The van der Waals surface area contributed by atoms with Crippen LogP contribution in [0.15, 0.2) is 0 Å². The Morgan fingerprint density at radius 2 is 2.06 bits per heavy atom. The smallest absolute Gasteiger partial charge is 0.0836 e. The summed E-state index contributed by atoms with van der Waals surface area (Å²) in [6, 6.07) is 0. The number of aliphatic hydroxyl groups excluding tert-OH is 1. The van der Waals surface area contributed by atoms with E-state index in [2.05, 4.69) is 20.8 Å². The summed E-state index contributed by atoms with van der Waals surface area (Å²) in [5.74, 6) is 1.53. The van der Waals surface area contributed by atoms with E-state index in [1.165, 1.54) is 25.7 Å². The van der Waals surface area contributed by atoms with Crippen LogP contribution in [0.25, 0.3) is 0 Å². The average Bonchev–Trinajstić information content (AvgIpc) is 2.28. The van der Waals surface area contributed by atoms with Gasteiger partial charge in [-0.3, -0.25) is 0 Å². The van der Waals surface area contributed by atoms with Crippen LogP contribution in [-0.4, -0.2) is 23.9 Å². The van der Waals surface area contributed by atoms with Crippen molar-refractivity contribution < 1.29 is 9.84 Å². The summed E-state index contributed by atoms with van der Waals surface area (Å²) in [5.41, 5.74) is 0. The normalized spacial score (nSPS) is 29.8. The Bertz CT molecular complexity index is 191. The lowest BCUT2D eigenvalue weighted by molar-refractivity contribution is -0.0732. The molecule has 0 aromatic carbocycles. The van der Waals surface area contributed by atoms with Gasteiger partial charge < -0.3 is 9.84 Å². The zero-order valence-electron chi connectivity index (χ0n) is 11.8. The molecule has 1 N–H and O–H groups in total. The highest BCUT2D eigenvalue weighted by Gasteiger charge is 2.29. The van der Waals surface area contributed by atoms with E-state index in [9.17, 15) is 5.11 Å². The second kappa shape index (κ2) is 8.10. The molecule has 1 saturated carbocycles. The van der Waals surface area contributed by atoms with Crippen LogP contribution in [0, 0.1) is 11.8 Å². The molecule has 1 rings (SSSR count). The van der Waals surface area contributed by atoms with Crippen LogP contribution in [-0.2, 0) is 4.74 Å². The SMILES string of the molecule is CCCC1CCC(O)C(OCCCC(C)C)C1. The minimum atomic E-state index is -0.220. The molecule has 1 aliphatic carbocycles. The van der Waals surface area contributed by atoms with Crippen LogP contribution < -0.4 is 0 Å². The van der Waals surface area contributed by atoms with E-state index < -0.39 is 0 Å². The molecular weight excluding hydrogens is 212 g/mol. The van der Waals surface area contributed by atoms with Gasteiger partial charge in [0.2, 0.25) is 0 Å². The number of hydrogen-bond donors (Lipinski definition) is 1. The Balaban J connectivity index is 2.20. The molecule has 102 valence electrons. The number of aliphatic hydroxyl groups is 1. The van der Waals surface area contributed by atoms with Gasteiger partial charge in [0.1, 0.15) is 0 Å². The molecule has 17 heavy (non-hydrogen) atoms. The molecular formula is C15H30O2. The fourth-order valence-corrected chi connectivity index (χ4v) is 2.77. The van der Waals surface area contributed by atoms with Crippen LogP contribution in [0.2, 0.25) is 0 Å². The van der Waals surface area contributed by atoms with Gasteiger partial charge in [-0.2, -0.15) is 0 Å². The van der Waals surface area contributed by atoms with Gasteiger partial charge in [-0.05, 0) is 43.9 Å². The maximum atomic E-state index is 9.94. The molecule has 0 heterocycles. The van der Waals surface area contributed by atoms with Crippen LogP contribution in [0.3, 0.4) is 0 Å². The van der Waals surface area contributed by atoms with Gasteiger partial charge in [0.15, 0.2) is 0 Å². The van der Waals surface area contributed by atoms with Crippen LogP contribution >= 0.6 is 0 Å². The predicted octanol–water partition coefficient (Wildman–Crippen LogP) is 3.77. The molecule has 3 unspecified atom stereocenters. The first-order valence-corrected chi connectivity index (χ1v) is 7.43. The largest absolute Gasteiger partial charge is 0.390 e. The first kappa shape index (κ1) is 15.0. The van der Waals surface area contributed by atoms with Gasteiger partial charge in [0.25, 0.3) is 0 Å². The Hall–Kier alpha value is -0.0800. The molecule has 3 atom stereocenters. The summed E-state index contributed by atoms with van der Waals surface area (Å²) in [4.78, 5) is 0. The average molecular weight is 242 g/mol. The number of hydrogen-bond acceptors (Lipinski definition) is 2. The molecule has 0 spiro atoms. The van der Waals surface area contributed by atoms with Gasteiger partial charge in [0.05, 0.1) is 12.2 Å². The van der Waals surface area contributed by atoms with Crippen LogP contribution in [0.5, 0.6) is 0 Å². The number of ether oxygens (including phenoxy) is 1. The second-order valence-corrected chi connectivity index (χ2v) is 5.98. The Morgan fingerprint density at radius 1 is 1.29 bits per heavy atom. The summed E-state index contributed by atoms with van der Waals surface area (Å²) in [5, 5.41) is 9.94. The fraction of sp³-hybridized carbons (Fsp3) is 1.00. The third-order valence-corrected chi connectivity index (χ3v) is 3.82. The molecule has 2 heteroatoms. The predicted molar refractivity (Wildman–Crippen MR) is 72.1 cm³/mol. The highest BCUT2D eigenvalue weighted by Crippen LogP contribution is 2.30. The molecule has 1 aliphatic rings. The van der Waals surface area contributed by atoms with Crippen molar-refractivity contribution in [1.82, 2.24) is 0 Å². The summed E-state index contributed by atoms with van der Waals surface area (Å²) < 4.78 is 5.87. The molecule has 0 radical (unpaired) electrons. The van der Waals surface area contributed by atoms with Crippen molar-refractivity contribution in [2.75, 3.05) is 6.61 Å². The fourth-order valence-electron chi connectivity index (χ4n) is 2.77. The third-order valence-electron chi connectivity index (χ3n) is 3.82. The Morgan fingerprint density at radius 3 is 2.71 bits per heavy atom. The van der Waals surface area contributed by atoms with Crippen molar-refractivity contribution >= 4 is 0 Å². The van der Waals surface area contributed by atoms with E-state index in [1.807, 2.05) is 0 Å². The minimum absolute atomic E-state index is 0.104. The van der Waals surface area contributed by atoms with E-state index in [4.69, 9.17) is 4.74 Å². The zero-order chi connectivity index (χ0) is 12.7. The summed E-state index contributed by atoms with van der Waals surface area (Å²) in [7, 11) is 0. The molecule has 0 aromatic heterocycles. The van der Waals surface area contributed by atoms with Crippen molar-refractivity contribution in [3.05, 3.63) is 0 Å². The van der Waals surface area contributed by atoms with E-state index in [1.54, 1.807) is 0 Å². The molecule has 2 nitrogen and oxygen atoms in total. The lowest BCUT2D eigenvalue weighted by Gasteiger charge is -2.33. The summed E-state index contributed by atoms with van der Waals surface area (Å²) >= 11 is 0. The third kappa shape index (κ3) is 5.87. The van der Waals surface area contributed by atoms with E-state index in [0.717, 1.165) is 37.7 Å². The minimum Gasteiger partial charge on any atom is -0.390 e. The lowest BCUT2D eigenvalue weighted by Crippen LogP contribution is -2.36. The summed E-state index contributed by atoms with van der Waals surface area (Å²) in [6.07, 6.45) is 7.95. The highest BCUT2D eigenvalue weighted by molar-refractivity contribution is 4.80. The highest BCUT2D eigenvalue weighted by atomic mass is 16.5. The van der Waals surface area contributed by atoms with Crippen molar-refractivity contribution in [3.63, 3.8) is 0 Å². The van der Waals surface area contributed by atoms with Gasteiger partial charge in [-0.25, -0.2) is 0 Å².